The number of hydrogen-bond acceptors (Lipinski definition) is 6. The summed E-state index contributed by atoms with van der Waals surface area (Å²) in [4.78, 5) is 13.0. The third-order valence-electron chi connectivity index (χ3n) is 3.51. The van der Waals surface area contributed by atoms with Crippen LogP contribution in [0.5, 0.6) is 0 Å². The average Bonchev–Trinajstić information content (AvgIpc) is 3.27. The van der Waals surface area contributed by atoms with Crippen LogP contribution < -0.4 is 10.6 Å². The molecule has 0 fully saturated rings. The van der Waals surface area contributed by atoms with Crippen molar-refractivity contribution in [1.29, 1.82) is 0 Å². The lowest BCUT2D eigenvalue weighted by molar-refractivity contribution is 0.375. The molecule has 0 spiro atoms. The van der Waals surface area contributed by atoms with Crippen LogP contribution >= 0.6 is 35.6 Å². The van der Waals surface area contributed by atoms with Crippen LogP contribution in [0.2, 0.25) is 5.02 Å². The number of nitrogens with zero attached hydrogens (tertiary/aromatic N) is 6. The number of hydrogen-bond donors (Lipinski definition) is 2. The predicted octanol–water partition coefficient (Wildman–Crippen LogP) is 2.39. The fourth-order valence-electron chi connectivity index (χ4n) is 2.16. The van der Waals surface area contributed by atoms with Crippen LogP contribution in [0.15, 0.2) is 40.1 Å². The lowest BCUT2D eigenvalue weighted by atomic mass is 10.2. The Kier molecular flexibility index (Phi) is 7.98. The second-order valence-corrected chi connectivity index (χ2v) is 5.80. The number of aromatic nitrogens is 5. The van der Waals surface area contributed by atoms with E-state index >= 15 is 0 Å². The molecule has 1 aromatic carbocycles. The molecule has 0 radical (unpaired) electrons. The van der Waals surface area contributed by atoms with Gasteiger partial charge in [-0.05, 0) is 31.2 Å². The van der Waals surface area contributed by atoms with Gasteiger partial charge in [0, 0.05) is 24.2 Å². The molecule has 0 aliphatic carbocycles. The zero-order valence-corrected chi connectivity index (χ0v) is 18.0. The largest absolute Gasteiger partial charge is 0.357 e. The van der Waals surface area contributed by atoms with E-state index in [-0.39, 0.29) is 24.0 Å². The van der Waals surface area contributed by atoms with Gasteiger partial charge in [0.2, 0.25) is 11.7 Å². The van der Waals surface area contributed by atoms with Crippen molar-refractivity contribution >= 4 is 41.5 Å². The zero-order valence-electron chi connectivity index (χ0n) is 14.9. The maximum absolute atomic E-state index is 5.89. The number of guanidine groups is 1. The van der Waals surface area contributed by atoms with Gasteiger partial charge in [0.15, 0.2) is 5.96 Å². The Morgan fingerprint density at radius 2 is 2.04 bits per heavy atom. The molecular formula is C16H20ClIN8O. The van der Waals surface area contributed by atoms with E-state index in [1.165, 1.54) is 6.33 Å². The third-order valence-corrected chi connectivity index (χ3v) is 3.76. The van der Waals surface area contributed by atoms with Gasteiger partial charge in [-0.1, -0.05) is 16.8 Å². The van der Waals surface area contributed by atoms with Crippen molar-refractivity contribution in [3.05, 3.63) is 47.3 Å². The minimum Gasteiger partial charge on any atom is -0.357 e. The lowest BCUT2D eigenvalue weighted by Crippen LogP contribution is -2.37. The number of aryl methyl sites for hydroxylation is 1. The van der Waals surface area contributed by atoms with E-state index in [4.69, 9.17) is 16.1 Å². The van der Waals surface area contributed by atoms with E-state index < -0.39 is 0 Å². The van der Waals surface area contributed by atoms with Crippen molar-refractivity contribution in [2.45, 2.75) is 20.0 Å². The van der Waals surface area contributed by atoms with Gasteiger partial charge >= 0.3 is 0 Å². The van der Waals surface area contributed by atoms with Crippen LogP contribution in [0.3, 0.4) is 0 Å². The minimum absolute atomic E-state index is 0. The van der Waals surface area contributed by atoms with Gasteiger partial charge in [0.25, 0.3) is 0 Å². The molecular weight excluding hydrogens is 483 g/mol. The molecule has 3 rings (SSSR count). The Labute approximate surface area is 178 Å². The number of benzene rings is 1. The van der Waals surface area contributed by atoms with Crippen LogP contribution in [-0.2, 0) is 20.1 Å². The van der Waals surface area contributed by atoms with Crippen molar-refractivity contribution in [3.8, 4) is 11.4 Å². The molecule has 0 amide bonds. The maximum atomic E-state index is 5.89. The van der Waals surface area contributed by atoms with Crippen LogP contribution in [0.25, 0.3) is 11.4 Å². The summed E-state index contributed by atoms with van der Waals surface area (Å²) < 4.78 is 6.97. The lowest BCUT2D eigenvalue weighted by Gasteiger charge is -2.09. The number of aliphatic imine (C=N–C) groups is 1. The summed E-state index contributed by atoms with van der Waals surface area (Å²) in [6.45, 7) is 3.48. The molecule has 9 nitrogen and oxygen atoms in total. The van der Waals surface area contributed by atoms with E-state index in [1.54, 1.807) is 16.8 Å². The Balaban J connectivity index is 0.00000261. The Morgan fingerprint density at radius 1 is 1.26 bits per heavy atom. The fourth-order valence-corrected chi connectivity index (χ4v) is 2.28. The molecule has 0 saturated heterocycles. The molecule has 2 N–H and O–H groups in total. The molecule has 0 unspecified atom stereocenters. The maximum Gasteiger partial charge on any atom is 0.246 e. The summed E-state index contributed by atoms with van der Waals surface area (Å²) in [5, 5.41) is 15.0. The average molecular weight is 503 g/mol. The molecule has 2 heterocycles. The molecule has 0 atom stereocenters. The highest BCUT2D eigenvalue weighted by molar-refractivity contribution is 14.0. The van der Waals surface area contributed by atoms with Crippen molar-refractivity contribution in [1.82, 2.24) is 35.5 Å². The normalized spacial score (nSPS) is 11.1. The van der Waals surface area contributed by atoms with Gasteiger partial charge in [-0.25, -0.2) is 9.98 Å². The molecule has 0 aliphatic heterocycles. The molecule has 27 heavy (non-hydrogen) atoms. The van der Waals surface area contributed by atoms with E-state index in [2.05, 4.69) is 35.8 Å². The Bertz CT molecular complexity index is 877. The molecule has 2 aromatic heterocycles. The highest BCUT2D eigenvalue weighted by atomic mass is 127. The van der Waals surface area contributed by atoms with Crippen LogP contribution in [-0.4, -0.2) is 37.4 Å². The van der Waals surface area contributed by atoms with Crippen LogP contribution in [0.4, 0.5) is 0 Å². The van der Waals surface area contributed by atoms with E-state index in [9.17, 15) is 0 Å². The van der Waals surface area contributed by atoms with Crippen LogP contribution in [0, 0.1) is 0 Å². The second kappa shape index (κ2) is 10.2. The predicted molar refractivity (Wildman–Crippen MR) is 113 cm³/mol. The molecule has 0 aliphatic rings. The van der Waals surface area contributed by atoms with Gasteiger partial charge in [0.05, 0.1) is 6.54 Å². The zero-order chi connectivity index (χ0) is 18.4. The first kappa shape index (κ1) is 21.1. The fraction of sp³-hybridized carbons (Fsp3) is 0.312. The highest BCUT2D eigenvalue weighted by Crippen LogP contribution is 2.18. The van der Waals surface area contributed by atoms with Crippen molar-refractivity contribution in [2.75, 3.05) is 6.54 Å². The summed E-state index contributed by atoms with van der Waals surface area (Å²) in [6.07, 6.45) is 1.50. The van der Waals surface area contributed by atoms with Crippen molar-refractivity contribution < 1.29 is 4.52 Å². The number of rotatable bonds is 6. The van der Waals surface area contributed by atoms with Gasteiger partial charge in [0.1, 0.15) is 18.7 Å². The standard InChI is InChI=1S/C16H19ClN8O.HI/c1-3-18-16(19-8-13-21-10-22-25(13)2)20-9-14-23-15(24-26-14)11-4-6-12(17)7-5-11;/h4-7,10H,3,8-9H2,1-2H3,(H2,18,19,20);1H. The summed E-state index contributed by atoms with van der Waals surface area (Å²) in [7, 11) is 1.83. The molecule has 11 heteroatoms. The van der Waals surface area contributed by atoms with E-state index in [0.717, 1.165) is 17.9 Å². The van der Waals surface area contributed by atoms with Crippen molar-refractivity contribution in [3.63, 3.8) is 0 Å². The number of nitrogens with one attached hydrogen (secondary N) is 2. The first-order valence-electron chi connectivity index (χ1n) is 8.09. The van der Waals surface area contributed by atoms with Gasteiger partial charge in [-0.2, -0.15) is 10.1 Å². The molecule has 0 saturated carbocycles. The monoisotopic (exact) mass is 502 g/mol. The first-order valence-corrected chi connectivity index (χ1v) is 8.47. The smallest absolute Gasteiger partial charge is 0.246 e. The highest BCUT2D eigenvalue weighted by Gasteiger charge is 2.09. The summed E-state index contributed by atoms with van der Waals surface area (Å²) >= 11 is 5.89. The SMILES string of the molecule is CCNC(=NCc1ncnn1C)NCc1nc(-c2ccc(Cl)cc2)no1.I. The summed E-state index contributed by atoms with van der Waals surface area (Å²) in [5.41, 5.74) is 0.840. The van der Waals surface area contributed by atoms with Gasteiger partial charge in [-0.3, -0.25) is 4.68 Å². The third kappa shape index (κ3) is 5.89. The molecule has 144 valence electrons. The topological polar surface area (TPSA) is 106 Å². The Morgan fingerprint density at radius 3 is 2.70 bits per heavy atom. The number of halogens is 2. The summed E-state index contributed by atoms with van der Waals surface area (Å²) in [5.74, 6) is 2.37. The summed E-state index contributed by atoms with van der Waals surface area (Å²) in [6, 6.07) is 7.26. The van der Waals surface area contributed by atoms with Gasteiger partial charge < -0.3 is 15.2 Å². The van der Waals surface area contributed by atoms with Gasteiger partial charge in [-0.15, -0.1) is 24.0 Å². The van der Waals surface area contributed by atoms with E-state index in [0.29, 0.717) is 35.8 Å². The minimum atomic E-state index is 0. The molecule has 0 bridgehead atoms. The van der Waals surface area contributed by atoms with Crippen molar-refractivity contribution in [2.24, 2.45) is 12.0 Å². The van der Waals surface area contributed by atoms with E-state index in [1.807, 2.05) is 26.1 Å². The quantitative estimate of drug-likeness (QED) is 0.303. The Hall–Kier alpha value is -2.21. The first-order chi connectivity index (χ1) is 12.7. The second-order valence-electron chi connectivity index (χ2n) is 5.37. The van der Waals surface area contributed by atoms with Crippen LogP contribution in [0.1, 0.15) is 18.6 Å². The molecule has 3 aromatic rings.